The van der Waals surface area contributed by atoms with Gasteiger partial charge in [-0.1, -0.05) is 0 Å². The summed E-state index contributed by atoms with van der Waals surface area (Å²) < 4.78 is 2.80. The van der Waals surface area contributed by atoms with Crippen molar-refractivity contribution in [2.45, 2.75) is 0 Å². The Hall–Kier alpha value is -0.910. The maximum absolute atomic E-state index is 10.5. The summed E-state index contributed by atoms with van der Waals surface area (Å²) in [5.41, 5.74) is 1.65. The molecule has 4 heteroatoms. The summed E-state index contributed by atoms with van der Waals surface area (Å²) in [6, 6.07) is 3.56. The van der Waals surface area contributed by atoms with Crippen molar-refractivity contribution in [3.05, 3.63) is 33.7 Å². The molecule has 60 valence electrons. The second kappa shape index (κ2) is 2.85. The number of hydrogen-bond donors (Lipinski definition) is 0. The van der Waals surface area contributed by atoms with Crippen LogP contribution in [-0.2, 0) is 0 Å². The smallest absolute Gasteiger partial charge is 0.150 e. The Bertz CT molecular complexity index is 436. The van der Waals surface area contributed by atoms with Crippen molar-refractivity contribution in [1.82, 2.24) is 9.61 Å². The first kappa shape index (κ1) is 7.72. The molecule has 0 aliphatic heterocycles. The average molecular weight is 272 g/mol. The fourth-order valence-corrected chi connectivity index (χ4v) is 1.57. The lowest BCUT2D eigenvalue weighted by atomic mass is 10.3. The zero-order valence-corrected chi connectivity index (χ0v) is 8.22. The largest absolute Gasteiger partial charge is 0.298 e. The molecule has 0 aliphatic carbocycles. The van der Waals surface area contributed by atoms with Crippen molar-refractivity contribution in [3.8, 4) is 0 Å². The highest BCUT2D eigenvalue weighted by Crippen LogP contribution is 2.13. The third-order valence-electron chi connectivity index (χ3n) is 1.63. The van der Waals surface area contributed by atoms with E-state index < -0.39 is 0 Å². The summed E-state index contributed by atoms with van der Waals surface area (Å²) in [6.45, 7) is 0. The van der Waals surface area contributed by atoms with Gasteiger partial charge < -0.3 is 0 Å². The molecule has 0 atom stereocenters. The van der Waals surface area contributed by atoms with Gasteiger partial charge in [-0.25, -0.2) is 4.52 Å². The Morgan fingerprint density at radius 1 is 1.58 bits per heavy atom. The predicted molar refractivity (Wildman–Crippen MR) is 53.3 cm³/mol. The molecule has 3 nitrogen and oxygen atoms in total. The molecule has 0 aliphatic rings. The number of aromatic nitrogens is 2. The second-order valence-electron chi connectivity index (χ2n) is 2.40. The molecule has 0 bridgehead atoms. The zero-order valence-electron chi connectivity index (χ0n) is 6.07. The summed E-state index contributed by atoms with van der Waals surface area (Å²) >= 11 is 2.19. The SMILES string of the molecule is O=Cc1ccn2ncc(I)c2c1. The third-order valence-corrected chi connectivity index (χ3v) is 2.47. The van der Waals surface area contributed by atoms with E-state index in [2.05, 4.69) is 27.7 Å². The van der Waals surface area contributed by atoms with Crippen LogP contribution < -0.4 is 0 Å². The minimum atomic E-state index is 0.681. The number of hydrogen-bond acceptors (Lipinski definition) is 2. The molecule has 0 saturated carbocycles. The van der Waals surface area contributed by atoms with Gasteiger partial charge in [0.2, 0.25) is 0 Å². The monoisotopic (exact) mass is 272 g/mol. The fraction of sp³-hybridized carbons (Fsp3) is 0. The van der Waals surface area contributed by atoms with E-state index in [1.807, 2.05) is 6.07 Å². The summed E-state index contributed by atoms with van der Waals surface area (Å²) in [4.78, 5) is 10.5. The standard InChI is InChI=1S/C8H5IN2O/c9-7-4-10-11-2-1-6(5-12)3-8(7)11/h1-5H. The Kier molecular flexibility index (Phi) is 1.84. The van der Waals surface area contributed by atoms with Crippen LogP contribution in [0, 0.1) is 3.57 Å². The molecular weight excluding hydrogens is 267 g/mol. The predicted octanol–water partition coefficient (Wildman–Crippen LogP) is 1.75. The van der Waals surface area contributed by atoms with E-state index in [0.29, 0.717) is 5.56 Å². The molecule has 0 radical (unpaired) electrons. The molecule has 0 aromatic carbocycles. The summed E-state index contributed by atoms with van der Waals surface area (Å²) in [6.07, 6.45) is 4.38. The van der Waals surface area contributed by atoms with Crippen molar-refractivity contribution >= 4 is 34.4 Å². The van der Waals surface area contributed by atoms with E-state index in [1.165, 1.54) is 0 Å². The molecule has 0 unspecified atom stereocenters. The number of pyridine rings is 1. The average Bonchev–Trinajstić information content (AvgIpc) is 2.47. The minimum Gasteiger partial charge on any atom is -0.298 e. The van der Waals surface area contributed by atoms with Gasteiger partial charge in [-0.05, 0) is 34.7 Å². The molecule has 0 spiro atoms. The molecular formula is C8H5IN2O. The molecule has 2 rings (SSSR count). The molecule has 2 aromatic heterocycles. The van der Waals surface area contributed by atoms with Crippen LogP contribution in [0.5, 0.6) is 0 Å². The first-order valence-corrected chi connectivity index (χ1v) is 4.47. The van der Waals surface area contributed by atoms with Gasteiger partial charge in [-0.3, -0.25) is 4.79 Å². The number of rotatable bonds is 1. The van der Waals surface area contributed by atoms with Gasteiger partial charge in [0.15, 0.2) is 0 Å². The van der Waals surface area contributed by atoms with Gasteiger partial charge in [0, 0.05) is 11.8 Å². The first-order valence-electron chi connectivity index (χ1n) is 3.39. The number of fused-ring (bicyclic) bond motifs is 1. The van der Waals surface area contributed by atoms with E-state index in [1.54, 1.807) is 23.0 Å². The molecule has 2 heterocycles. The molecule has 0 N–H and O–H groups in total. The lowest BCUT2D eigenvalue weighted by Gasteiger charge is -1.93. The van der Waals surface area contributed by atoms with Gasteiger partial charge in [0.1, 0.15) is 6.29 Å². The van der Waals surface area contributed by atoms with Gasteiger partial charge >= 0.3 is 0 Å². The Morgan fingerprint density at radius 2 is 2.42 bits per heavy atom. The fourth-order valence-electron chi connectivity index (χ4n) is 1.04. The Morgan fingerprint density at radius 3 is 3.17 bits per heavy atom. The van der Waals surface area contributed by atoms with E-state index in [-0.39, 0.29) is 0 Å². The van der Waals surface area contributed by atoms with Crippen LogP contribution in [0.4, 0.5) is 0 Å². The summed E-state index contributed by atoms with van der Waals surface area (Å²) in [5, 5.41) is 4.09. The molecule has 0 saturated heterocycles. The highest BCUT2D eigenvalue weighted by molar-refractivity contribution is 14.1. The number of aldehydes is 1. The van der Waals surface area contributed by atoms with Crippen LogP contribution in [0.3, 0.4) is 0 Å². The van der Waals surface area contributed by atoms with Crippen LogP contribution >= 0.6 is 22.6 Å². The van der Waals surface area contributed by atoms with Crippen molar-refractivity contribution in [2.75, 3.05) is 0 Å². The topological polar surface area (TPSA) is 34.4 Å². The van der Waals surface area contributed by atoms with Crippen molar-refractivity contribution in [2.24, 2.45) is 0 Å². The van der Waals surface area contributed by atoms with E-state index >= 15 is 0 Å². The van der Waals surface area contributed by atoms with Crippen molar-refractivity contribution < 1.29 is 4.79 Å². The maximum atomic E-state index is 10.5. The van der Waals surface area contributed by atoms with Crippen LogP contribution in [0.2, 0.25) is 0 Å². The third kappa shape index (κ3) is 1.12. The van der Waals surface area contributed by atoms with Gasteiger partial charge in [0.05, 0.1) is 15.3 Å². The Labute approximate surface area is 82.5 Å². The first-order chi connectivity index (χ1) is 5.81. The molecule has 2 aromatic rings. The highest BCUT2D eigenvalue weighted by atomic mass is 127. The van der Waals surface area contributed by atoms with Gasteiger partial charge in [-0.2, -0.15) is 5.10 Å². The quantitative estimate of drug-likeness (QED) is 0.585. The van der Waals surface area contributed by atoms with Crippen LogP contribution in [0.15, 0.2) is 24.5 Å². The number of halogens is 1. The molecule has 0 amide bonds. The van der Waals surface area contributed by atoms with E-state index in [0.717, 1.165) is 15.4 Å². The Balaban J connectivity index is 2.79. The van der Waals surface area contributed by atoms with Crippen molar-refractivity contribution in [1.29, 1.82) is 0 Å². The molecule has 12 heavy (non-hydrogen) atoms. The van der Waals surface area contributed by atoms with E-state index in [9.17, 15) is 4.79 Å². The zero-order chi connectivity index (χ0) is 8.55. The molecule has 0 fully saturated rings. The summed E-state index contributed by atoms with van der Waals surface area (Å²) in [7, 11) is 0. The van der Waals surface area contributed by atoms with Crippen LogP contribution in [-0.4, -0.2) is 15.9 Å². The lowest BCUT2D eigenvalue weighted by molar-refractivity contribution is 0.112. The van der Waals surface area contributed by atoms with Crippen LogP contribution in [0.1, 0.15) is 10.4 Å². The van der Waals surface area contributed by atoms with E-state index in [4.69, 9.17) is 0 Å². The second-order valence-corrected chi connectivity index (χ2v) is 3.56. The minimum absolute atomic E-state index is 0.681. The van der Waals surface area contributed by atoms with Crippen molar-refractivity contribution in [3.63, 3.8) is 0 Å². The number of nitrogens with zero attached hydrogens (tertiary/aromatic N) is 2. The number of carbonyl (C=O) groups is 1. The maximum Gasteiger partial charge on any atom is 0.150 e. The van der Waals surface area contributed by atoms with Crippen LogP contribution in [0.25, 0.3) is 5.52 Å². The lowest BCUT2D eigenvalue weighted by Crippen LogP contribution is -1.88. The summed E-state index contributed by atoms with van der Waals surface area (Å²) in [5.74, 6) is 0. The van der Waals surface area contributed by atoms with Gasteiger partial charge in [-0.15, -0.1) is 0 Å². The highest BCUT2D eigenvalue weighted by Gasteiger charge is 2.00. The number of carbonyl (C=O) groups excluding carboxylic acids is 1. The van der Waals surface area contributed by atoms with Gasteiger partial charge in [0.25, 0.3) is 0 Å². The normalized spacial score (nSPS) is 10.4.